The number of carbonyl (C=O) groups excluding carboxylic acids is 2. The van der Waals surface area contributed by atoms with Gasteiger partial charge in [0.1, 0.15) is 17.2 Å². The molecule has 0 aliphatic rings. The van der Waals surface area contributed by atoms with Crippen LogP contribution in [0.2, 0.25) is 5.02 Å². The molecule has 0 unspecified atom stereocenters. The summed E-state index contributed by atoms with van der Waals surface area (Å²) in [5.41, 5.74) is 6.02. The molecule has 0 radical (unpaired) electrons. The number of amides is 1. The minimum Gasteiger partial charge on any atom is -0.497 e. The Bertz CT molecular complexity index is 1710. The van der Waals surface area contributed by atoms with Crippen molar-refractivity contribution in [3.63, 3.8) is 0 Å². The van der Waals surface area contributed by atoms with E-state index in [0.29, 0.717) is 38.9 Å². The highest BCUT2D eigenvalue weighted by Gasteiger charge is 2.21. The fourth-order valence-electron chi connectivity index (χ4n) is 4.06. The number of hydrazone groups is 1. The van der Waals surface area contributed by atoms with Crippen LogP contribution < -0.4 is 14.9 Å². The Kier molecular flexibility index (Phi) is 7.94. The summed E-state index contributed by atoms with van der Waals surface area (Å²) in [6.07, 6.45) is 1.43. The number of benzene rings is 4. The second kappa shape index (κ2) is 11.7. The van der Waals surface area contributed by atoms with Crippen molar-refractivity contribution in [3.8, 4) is 22.6 Å². The Balaban J connectivity index is 1.39. The minimum atomic E-state index is -0.528. The van der Waals surface area contributed by atoms with Crippen molar-refractivity contribution in [1.82, 2.24) is 10.4 Å². The van der Waals surface area contributed by atoms with Gasteiger partial charge < -0.3 is 14.5 Å². The molecule has 0 aliphatic carbocycles. The van der Waals surface area contributed by atoms with Crippen molar-refractivity contribution < 1.29 is 19.1 Å². The lowest BCUT2D eigenvalue weighted by Crippen LogP contribution is -2.19. The number of aromatic nitrogens is 1. The quantitative estimate of drug-likeness (QED) is 0.0648. The summed E-state index contributed by atoms with van der Waals surface area (Å²) in [6.45, 7) is 0. The zero-order chi connectivity index (χ0) is 27.4. The Morgan fingerprint density at radius 1 is 0.974 bits per heavy atom. The van der Waals surface area contributed by atoms with Gasteiger partial charge in [0.25, 0.3) is 5.91 Å². The number of esters is 1. The highest BCUT2D eigenvalue weighted by molar-refractivity contribution is 14.1. The fraction of sp³-hybridized carbons (Fsp3) is 0.0333. The van der Waals surface area contributed by atoms with Gasteiger partial charge in [-0.1, -0.05) is 41.9 Å². The van der Waals surface area contributed by atoms with Gasteiger partial charge in [-0.25, -0.2) is 10.2 Å². The van der Waals surface area contributed by atoms with Gasteiger partial charge in [-0.3, -0.25) is 4.79 Å². The molecule has 5 rings (SSSR count). The largest absolute Gasteiger partial charge is 0.497 e. The van der Waals surface area contributed by atoms with Gasteiger partial charge >= 0.3 is 5.97 Å². The molecule has 0 spiro atoms. The molecule has 39 heavy (non-hydrogen) atoms. The molecule has 0 saturated carbocycles. The molecule has 0 fully saturated rings. The highest BCUT2D eigenvalue weighted by atomic mass is 127. The number of aromatic amines is 1. The van der Waals surface area contributed by atoms with Gasteiger partial charge in [0.15, 0.2) is 0 Å². The molecule has 0 bridgehead atoms. The first-order valence-corrected chi connectivity index (χ1v) is 13.2. The van der Waals surface area contributed by atoms with Crippen molar-refractivity contribution in [2.75, 3.05) is 7.11 Å². The summed E-state index contributed by atoms with van der Waals surface area (Å²) >= 11 is 8.74. The minimum absolute atomic E-state index is 0.299. The van der Waals surface area contributed by atoms with Crippen LogP contribution in [0.4, 0.5) is 0 Å². The average molecular weight is 650 g/mol. The number of nitrogens with zero attached hydrogens (tertiary/aromatic N) is 1. The summed E-state index contributed by atoms with van der Waals surface area (Å²) in [4.78, 5) is 29.2. The van der Waals surface area contributed by atoms with Gasteiger partial charge in [-0.05, 0) is 83.3 Å². The number of halogens is 2. The standard InChI is InChI=1S/C30H21ClIN3O4/c1-38-21-13-10-18(11-14-21)30(37)39-26-9-5-2-6-19(26)17-33-35-29(36)28-27(22-7-3-4-8-24(22)31)23-16-20(32)12-15-25(23)34-28/h2-17,34H,1H3,(H,35,36). The van der Waals surface area contributed by atoms with Crippen LogP contribution in [-0.4, -0.2) is 30.2 Å². The number of hydrogen-bond acceptors (Lipinski definition) is 5. The summed E-state index contributed by atoms with van der Waals surface area (Å²) in [5, 5.41) is 5.54. The predicted octanol–water partition coefficient (Wildman–Crippen LogP) is 7.08. The third-order valence-electron chi connectivity index (χ3n) is 5.95. The number of methoxy groups -OCH3 is 1. The number of carbonyl (C=O) groups is 2. The lowest BCUT2D eigenvalue weighted by molar-refractivity contribution is 0.0734. The SMILES string of the molecule is COc1ccc(C(=O)Oc2ccccc2C=NNC(=O)c2[nH]c3ccc(I)cc3c2-c2ccccc2Cl)cc1. The number of hydrogen-bond donors (Lipinski definition) is 2. The van der Waals surface area contributed by atoms with Crippen molar-refractivity contribution in [3.05, 3.63) is 116 Å². The van der Waals surface area contributed by atoms with Crippen molar-refractivity contribution >= 4 is 63.2 Å². The van der Waals surface area contributed by atoms with Crippen molar-refractivity contribution in [2.45, 2.75) is 0 Å². The van der Waals surface area contributed by atoms with Crippen LogP contribution in [0.5, 0.6) is 11.5 Å². The molecular weight excluding hydrogens is 629 g/mol. The predicted molar refractivity (Wildman–Crippen MR) is 161 cm³/mol. The first kappa shape index (κ1) is 26.5. The maximum Gasteiger partial charge on any atom is 0.343 e. The highest BCUT2D eigenvalue weighted by Crippen LogP contribution is 2.37. The maximum absolute atomic E-state index is 13.3. The first-order chi connectivity index (χ1) is 18.9. The average Bonchev–Trinajstić information content (AvgIpc) is 3.32. The van der Waals surface area contributed by atoms with E-state index in [2.05, 4.69) is 38.1 Å². The van der Waals surface area contributed by atoms with E-state index in [0.717, 1.165) is 20.0 Å². The molecule has 9 heteroatoms. The summed E-state index contributed by atoms with van der Waals surface area (Å²) in [5.74, 6) is -0.0369. The third kappa shape index (κ3) is 5.81. The molecule has 4 aromatic carbocycles. The van der Waals surface area contributed by atoms with Crippen molar-refractivity contribution in [2.24, 2.45) is 5.10 Å². The Hall–Kier alpha value is -4.15. The fourth-order valence-corrected chi connectivity index (χ4v) is 4.78. The van der Waals surface area contributed by atoms with Gasteiger partial charge in [0.2, 0.25) is 0 Å². The normalized spacial score (nSPS) is 11.1. The Morgan fingerprint density at radius 3 is 2.49 bits per heavy atom. The molecule has 194 valence electrons. The van der Waals surface area contributed by atoms with E-state index >= 15 is 0 Å². The van der Waals surface area contributed by atoms with E-state index in [-0.39, 0.29) is 0 Å². The lowest BCUT2D eigenvalue weighted by atomic mass is 10.0. The molecule has 0 atom stereocenters. The van der Waals surface area contributed by atoms with Crippen LogP contribution in [-0.2, 0) is 0 Å². The van der Waals surface area contributed by atoms with Crippen LogP contribution in [0.3, 0.4) is 0 Å². The molecular formula is C30H21ClIN3O4. The van der Waals surface area contributed by atoms with Gasteiger partial charge in [-0.15, -0.1) is 0 Å². The third-order valence-corrected chi connectivity index (χ3v) is 6.95. The zero-order valence-electron chi connectivity index (χ0n) is 20.6. The summed E-state index contributed by atoms with van der Waals surface area (Å²) < 4.78 is 11.7. The number of rotatable bonds is 7. The molecule has 1 heterocycles. The molecule has 0 aliphatic heterocycles. The van der Waals surface area contributed by atoms with Crippen LogP contribution >= 0.6 is 34.2 Å². The summed E-state index contributed by atoms with van der Waals surface area (Å²) in [6, 6.07) is 26.8. The van der Waals surface area contributed by atoms with E-state index < -0.39 is 11.9 Å². The lowest BCUT2D eigenvalue weighted by Gasteiger charge is -2.08. The first-order valence-electron chi connectivity index (χ1n) is 11.8. The maximum atomic E-state index is 13.3. The molecule has 5 aromatic rings. The van der Waals surface area contributed by atoms with E-state index in [1.807, 2.05) is 36.4 Å². The van der Waals surface area contributed by atoms with Gasteiger partial charge in [0.05, 0.1) is 18.9 Å². The Morgan fingerprint density at radius 2 is 1.72 bits per heavy atom. The van der Waals surface area contributed by atoms with E-state index in [9.17, 15) is 9.59 Å². The summed E-state index contributed by atoms with van der Waals surface area (Å²) in [7, 11) is 1.55. The van der Waals surface area contributed by atoms with Crippen LogP contribution in [0.1, 0.15) is 26.4 Å². The van der Waals surface area contributed by atoms with Crippen molar-refractivity contribution in [1.29, 1.82) is 0 Å². The van der Waals surface area contributed by atoms with Gasteiger partial charge in [-0.2, -0.15) is 5.10 Å². The second-order valence-electron chi connectivity index (χ2n) is 8.40. The second-order valence-corrected chi connectivity index (χ2v) is 10.1. The number of fused-ring (bicyclic) bond motifs is 1. The van der Waals surface area contributed by atoms with Crippen LogP contribution in [0.25, 0.3) is 22.0 Å². The molecule has 1 amide bonds. The Labute approximate surface area is 242 Å². The molecule has 1 aromatic heterocycles. The van der Waals surface area contributed by atoms with E-state index in [1.54, 1.807) is 61.7 Å². The topological polar surface area (TPSA) is 92.8 Å². The number of H-pyrrole nitrogens is 1. The van der Waals surface area contributed by atoms with Crippen LogP contribution in [0.15, 0.2) is 96.1 Å². The number of para-hydroxylation sites is 1. The van der Waals surface area contributed by atoms with E-state index in [4.69, 9.17) is 21.1 Å². The van der Waals surface area contributed by atoms with Gasteiger partial charge in [0, 0.05) is 36.2 Å². The van der Waals surface area contributed by atoms with Crippen LogP contribution in [0, 0.1) is 3.57 Å². The number of nitrogens with one attached hydrogen (secondary N) is 2. The number of ether oxygens (including phenoxy) is 2. The zero-order valence-corrected chi connectivity index (χ0v) is 23.5. The monoisotopic (exact) mass is 649 g/mol. The molecule has 0 saturated heterocycles. The molecule has 7 nitrogen and oxygen atoms in total. The molecule has 2 N–H and O–H groups in total. The smallest absolute Gasteiger partial charge is 0.343 e. The van der Waals surface area contributed by atoms with E-state index in [1.165, 1.54) is 6.21 Å².